The van der Waals surface area contributed by atoms with E-state index in [1.807, 2.05) is 48.5 Å². The number of carbonyl (C=O) groups excluding carboxylic acids is 1. The molecular weight excluding hydrogens is 364 g/mol. The Hall–Kier alpha value is -2.99. The summed E-state index contributed by atoms with van der Waals surface area (Å²) in [6, 6.07) is 15.9. The summed E-state index contributed by atoms with van der Waals surface area (Å²) < 4.78 is 5.54. The number of aromatic nitrogens is 2. The van der Waals surface area contributed by atoms with Crippen molar-refractivity contribution in [2.75, 3.05) is 13.1 Å². The van der Waals surface area contributed by atoms with Crippen molar-refractivity contribution >= 4 is 5.91 Å². The van der Waals surface area contributed by atoms with E-state index in [0.29, 0.717) is 24.8 Å². The zero-order valence-electron chi connectivity index (χ0n) is 16.4. The molecule has 6 heteroatoms. The Labute approximate surface area is 170 Å². The monoisotopic (exact) mass is 390 g/mol. The molecule has 1 amide bonds. The van der Waals surface area contributed by atoms with E-state index in [9.17, 15) is 4.79 Å². The number of carbonyl (C=O) groups is 1. The molecule has 0 radical (unpaired) electrons. The first-order chi connectivity index (χ1) is 14.3. The summed E-state index contributed by atoms with van der Waals surface area (Å²) in [6.07, 6.45) is 5.86. The Morgan fingerprint density at radius 2 is 2.07 bits per heavy atom. The number of hydrogen-bond donors (Lipinski definition) is 2. The molecule has 0 bridgehead atoms. The zero-order valence-corrected chi connectivity index (χ0v) is 16.4. The Kier molecular flexibility index (Phi) is 6.32. The Balaban J connectivity index is 1.34. The van der Waals surface area contributed by atoms with Crippen molar-refractivity contribution in [3.8, 4) is 11.3 Å². The van der Waals surface area contributed by atoms with Crippen LogP contribution in [0.25, 0.3) is 11.3 Å². The van der Waals surface area contributed by atoms with Crippen molar-refractivity contribution in [3.63, 3.8) is 0 Å². The maximum Gasteiger partial charge on any atom is 0.220 e. The van der Waals surface area contributed by atoms with Gasteiger partial charge < -0.3 is 15.2 Å². The van der Waals surface area contributed by atoms with Gasteiger partial charge in [0.15, 0.2) is 5.76 Å². The predicted molar refractivity (Wildman–Crippen MR) is 111 cm³/mol. The number of nitrogens with zero attached hydrogens (tertiary/aromatic N) is 2. The molecule has 3 heterocycles. The molecule has 29 heavy (non-hydrogen) atoms. The highest BCUT2D eigenvalue weighted by atomic mass is 16.5. The van der Waals surface area contributed by atoms with Crippen LogP contribution in [-0.4, -0.2) is 29.1 Å². The van der Waals surface area contributed by atoms with Crippen LogP contribution in [0.4, 0.5) is 0 Å². The SMILES string of the molecule is O=C(C[C@@H]1CCNC[C@H]1Cc1cc(-c2ccccc2)on1)NCc1cccnc1. The van der Waals surface area contributed by atoms with E-state index >= 15 is 0 Å². The van der Waals surface area contributed by atoms with E-state index in [-0.39, 0.29) is 5.91 Å². The van der Waals surface area contributed by atoms with Crippen LogP contribution in [0.2, 0.25) is 0 Å². The highest BCUT2D eigenvalue weighted by Gasteiger charge is 2.28. The summed E-state index contributed by atoms with van der Waals surface area (Å²) in [5.41, 5.74) is 2.98. The van der Waals surface area contributed by atoms with Crippen molar-refractivity contribution in [2.24, 2.45) is 11.8 Å². The third-order valence-corrected chi connectivity index (χ3v) is 5.51. The van der Waals surface area contributed by atoms with Crippen LogP contribution in [0.1, 0.15) is 24.1 Å². The minimum Gasteiger partial charge on any atom is -0.356 e. The number of hydrogen-bond acceptors (Lipinski definition) is 5. The second kappa shape index (κ2) is 9.47. The molecule has 0 unspecified atom stereocenters. The highest BCUT2D eigenvalue weighted by molar-refractivity contribution is 5.76. The maximum absolute atomic E-state index is 12.5. The Bertz CT molecular complexity index is 911. The van der Waals surface area contributed by atoms with Gasteiger partial charge in [0, 0.05) is 37.0 Å². The molecule has 0 aliphatic carbocycles. The third kappa shape index (κ3) is 5.29. The van der Waals surface area contributed by atoms with Gasteiger partial charge in [-0.1, -0.05) is 41.6 Å². The molecule has 1 aromatic carbocycles. The fourth-order valence-corrected chi connectivity index (χ4v) is 3.91. The molecule has 1 fully saturated rings. The average Bonchev–Trinajstić information content (AvgIpc) is 3.24. The van der Waals surface area contributed by atoms with Gasteiger partial charge in [0.05, 0.1) is 5.69 Å². The van der Waals surface area contributed by atoms with Crippen LogP contribution < -0.4 is 10.6 Å². The van der Waals surface area contributed by atoms with Gasteiger partial charge in [0.1, 0.15) is 0 Å². The highest BCUT2D eigenvalue weighted by Crippen LogP contribution is 2.28. The fourth-order valence-electron chi connectivity index (χ4n) is 3.91. The second-order valence-corrected chi connectivity index (χ2v) is 7.61. The number of benzene rings is 1. The molecule has 150 valence electrons. The molecule has 4 rings (SSSR count). The largest absolute Gasteiger partial charge is 0.356 e. The molecule has 2 N–H and O–H groups in total. The molecule has 6 nitrogen and oxygen atoms in total. The number of nitrogens with one attached hydrogen (secondary N) is 2. The van der Waals surface area contributed by atoms with Gasteiger partial charge in [0.2, 0.25) is 5.91 Å². The molecule has 1 saturated heterocycles. The Morgan fingerprint density at radius 3 is 2.90 bits per heavy atom. The summed E-state index contributed by atoms with van der Waals surface area (Å²) in [7, 11) is 0. The van der Waals surface area contributed by atoms with Gasteiger partial charge in [-0.05, 0) is 49.4 Å². The van der Waals surface area contributed by atoms with Gasteiger partial charge in [0.25, 0.3) is 0 Å². The third-order valence-electron chi connectivity index (χ3n) is 5.51. The van der Waals surface area contributed by atoms with Crippen molar-refractivity contribution in [2.45, 2.75) is 25.8 Å². The standard InChI is InChI=1S/C23H26N4O2/c28-23(26-15-17-5-4-9-24-14-17)12-19-8-10-25-16-20(19)11-21-13-22(29-27-21)18-6-2-1-3-7-18/h1-7,9,13-14,19-20,25H,8,10-12,15-16H2,(H,26,28)/t19-,20+/m0/s1. The summed E-state index contributed by atoms with van der Waals surface area (Å²) in [5, 5.41) is 10.7. The summed E-state index contributed by atoms with van der Waals surface area (Å²) in [4.78, 5) is 16.6. The average molecular weight is 390 g/mol. The van der Waals surface area contributed by atoms with Crippen LogP contribution in [0.15, 0.2) is 65.4 Å². The number of piperidine rings is 1. The molecule has 2 aromatic heterocycles. The van der Waals surface area contributed by atoms with Crippen molar-refractivity contribution in [1.29, 1.82) is 0 Å². The lowest BCUT2D eigenvalue weighted by molar-refractivity contribution is -0.122. The van der Waals surface area contributed by atoms with Crippen molar-refractivity contribution in [3.05, 3.63) is 72.2 Å². The first-order valence-corrected chi connectivity index (χ1v) is 10.2. The normalized spacial score (nSPS) is 19.0. The molecule has 3 aromatic rings. The molecule has 1 aliphatic rings. The molecule has 2 atom stereocenters. The van der Waals surface area contributed by atoms with E-state index < -0.39 is 0 Å². The van der Waals surface area contributed by atoms with E-state index in [4.69, 9.17) is 4.52 Å². The van der Waals surface area contributed by atoms with Gasteiger partial charge in [-0.15, -0.1) is 0 Å². The zero-order chi connectivity index (χ0) is 19.9. The van der Waals surface area contributed by atoms with E-state index in [1.165, 1.54) is 0 Å². The van der Waals surface area contributed by atoms with Crippen molar-refractivity contribution < 1.29 is 9.32 Å². The molecule has 1 aliphatic heterocycles. The lowest BCUT2D eigenvalue weighted by Crippen LogP contribution is -2.40. The first kappa shape index (κ1) is 19.3. The second-order valence-electron chi connectivity index (χ2n) is 7.61. The lowest BCUT2D eigenvalue weighted by atomic mass is 9.81. The van der Waals surface area contributed by atoms with Crippen LogP contribution >= 0.6 is 0 Å². The summed E-state index contributed by atoms with van der Waals surface area (Å²) in [6.45, 7) is 2.37. The minimum absolute atomic E-state index is 0.0934. The topological polar surface area (TPSA) is 80.0 Å². The van der Waals surface area contributed by atoms with Crippen molar-refractivity contribution in [1.82, 2.24) is 20.8 Å². The van der Waals surface area contributed by atoms with E-state index in [0.717, 1.165) is 48.5 Å². The molecular formula is C23H26N4O2. The smallest absolute Gasteiger partial charge is 0.220 e. The van der Waals surface area contributed by atoms with E-state index in [2.05, 4.69) is 20.8 Å². The van der Waals surface area contributed by atoms with E-state index in [1.54, 1.807) is 12.4 Å². The fraction of sp³-hybridized carbons (Fsp3) is 0.348. The summed E-state index contributed by atoms with van der Waals surface area (Å²) >= 11 is 0. The maximum atomic E-state index is 12.5. The van der Waals surface area contributed by atoms with Gasteiger partial charge in [-0.25, -0.2) is 0 Å². The van der Waals surface area contributed by atoms with Gasteiger partial charge >= 0.3 is 0 Å². The number of pyridine rings is 1. The van der Waals surface area contributed by atoms with Crippen LogP contribution in [0.5, 0.6) is 0 Å². The number of amides is 1. The van der Waals surface area contributed by atoms with Gasteiger partial charge in [-0.3, -0.25) is 9.78 Å². The lowest BCUT2D eigenvalue weighted by Gasteiger charge is -2.31. The first-order valence-electron chi connectivity index (χ1n) is 10.2. The van der Waals surface area contributed by atoms with Crippen LogP contribution in [0.3, 0.4) is 0 Å². The minimum atomic E-state index is 0.0934. The predicted octanol–water partition coefficient (Wildman–Crippen LogP) is 3.21. The summed E-state index contributed by atoms with van der Waals surface area (Å²) in [5.74, 6) is 1.58. The molecule has 0 spiro atoms. The van der Waals surface area contributed by atoms with Crippen LogP contribution in [-0.2, 0) is 17.8 Å². The number of rotatable bonds is 7. The Morgan fingerprint density at radius 1 is 1.17 bits per heavy atom. The van der Waals surface area contributed by atoms with Gasteiger partial charge in [-0.2, -0.15) is 0 Å². The molecule has 0 saturated carbocycles. The quantitative estimate of drug-likeness (QED) is 0.648. The van der Waals surface area contributed by atoms with Crippen LogP contribution in [0, 0.1) is 11.8 Å².